The molecule has 5 heteroatoms. The van der Waals surface area contributed by atoms with Crippen LogP contribution in [0.4, 0.5) is 5.95 Å². The van der Waals surface area contributed by atoms with E-state index in [9.17, 15) is 0 Å². The number of H-pyrrole nitrogens is 1. The van der Waals surface area contributed by atoms with Crippen molar-refractivity contribution >= 4 is 23.1 Å². The smallest absolute Gasteiger partial charge is 0.243 e. The molecule has 0 fully saturated rings. The highest BCUT2D eigenvalue weighted by molar-refractivity contribution is 6.00. The van der Waals surface area contributed by atoms with Gasteiger partial charge in [-0.1, -0.05) is 18.2 Å². The molecule has 0 unspecified atom stereocenters. The quantitative estimate of drug-likeness (QED) is 0.571. The van der Waals surface area contributed by atoms with Crippen molar-refractivity contribution in [2.24, 2.45) is 5.10 Å². The first-order chi connectivity index (χ1) is 10.1. The van der Waals surface area contributed by atoms with E-state index in [1.54, 1.807) is 6.21 Å². The Morgan fingerprint density at radius 1 is 1.10 bits per heavy atom. The number of aryl methyl sites for hydroxylation is 3. The molecule has 0 radical (unpaired) electrons. The first-order valence-corrected chi connectivity index (χ1v) is 6.82. The van der Waals surface area contributed by atoms with Crippen LogP contribution in [-0.4, -0.2) is 21.2 Å². The second kappa shape index (κ2) is 5.36. The van der Waals surface area contributed by atoms with Gasteiger partial charge in [0, 0.05) is 33.5 Å². The van der Waals surface area contributed by atoms with Crippen LogP contribution in [0.2, 0.25) is 0 Å². The fraction of sp³-hybridized carbons (Fsp3) is 0.188. The van der Waals surface area contributed by atoms with Gasteiger partial charge < -0.3 is 4.98 Å². The number of hydrogen-bond donors (Lipinski definition) is 2. The largest absolute Gasteiger partial charge is 0.358 e. The Bertz CT molecular complexity index is 796. The van der Waals surface area contributed by atoms with Crippen LogP contribution in [0.5, 0.6) is 0 Å². The van der Waals surface area contributed by atoms with Crippen molar-refractivity contribution in [1.29, 1.82) is 0 Å². The van der Waals surface area contributed by atoms with E-state index in [-0.39, 0.29) is 0 Å². The molecule has 1 aromatic carbocycles. The second-order valence-corrected chi connectivity index (χ2v) is 5.05. The average Bonchev–Trinajstić information content (AvgIpc) is 2.74. The molecule has 0 bridgehead atoms. The zero-order valence-corrected chi connectivity index (χ0v) is 12.3. The summed E-state index contributed by atoms with van der Waals surface area (Å²) in [5.41, 5.74) is 8.00. The van der Waals surface area contributed by atoms with Crippen molar-refractivity contribution in [3.8, 4) is 0 Å². The van der Waals surface area contributed by atoms with E-state index in [2.05, 4.69) is 37.6 Å². The zero-order valence-electron chi connectivity index (χ0n) is 12.3. The van der Waals surface area contributed by atoms with E-state index in [1.165, 1.54) is 0 Å². The van der Waals surface area contributed by atoms with E-state index in [1.807, 2.05) is 39.0 Å². The molecule has 2 heterocycles. The topological polar surface area (TPSA) is 66.0 Å². The van der Waals surface area contributed by atoms with E-state index in [0.717, 1.165) is 33.5 Å². The number of anilines is 1. The summed E-state index contributed by atoms with van der Waals surface area (Å²) >= 11 is 0. The van der Waals surface area contributed by atoms with Gasteiger partial charge in [0.15, 0.2) is 0 Å². The number of aromatic nitrogens is 3. The maximum absolute atomic E-state index is 4.29. The highest BCUT2D eigenvalue weighted by Crippen LogP contribution is 2.19. The fourth-order valence-corrected chi connectivity index (χ4v) is 2.40. The van der Waals surface area contributed by atoms with Crippen molar-refractivity contribution in [1.82, 2.24) is 15.0 Å². The van der Waals surface area contributed by atoms with Crippen molar-refractivity contribution < 1.29 is 0 Å². The van der Waals surface area contributed by atoms with E-state index in [0.29, 0.717) is 5.95 Å². The molecule has 2 N–H and O–H groups in total. The molecular formula is C16H17N5. The maximum atomic E-state index is 4.29. The van der Waals surface area contributed by atoms with Crippen molar-refractivity contribution in [2.45, 2.75) is 20.8 Å². The van der Waals surface area contributed by atoms with Gasteiger partial charge in [-0.3, -0.25) is 0 Å². The van der Waals surface area contributed by atoms with Gasteiger partial charge in [-0.15, -0.1) is 0 Å². The lowest BCUT2D eigenvalue weighted by Crippen LogP contribution is -1.99. The van der Waals surface area contributed by atoms with Crippen LogP contribution in [0, 0.1) is 20.8 Å². The third-order valence-electron chi connectivity index (χ3n) is 3.28. The molecule has 5 nitrogen and oxygen atoms in total. The van der Waals surface area contributed by atoms with Gasteiger partial charge in [0.2, 0.25) is 5.95 Å². The van der Waals surface area contributed by atoms with Crippen molar-refractivity contribution in [2.75, 3.05) is 5.43 Å². The van der Waals surface area contributed by atoms with Gasteiger partial charge >= 0.3 is 0 Å². The molecule has 3 aromatic rings. The van der Waals surface area contributed by atoms with Gasteiger partial charge in [-0.05, 0) is 32.9 Å². The lowest BCUT2D eigenvalue weighted by atomic mass is 10.1. The molecule has 21 heavy (non-hydrogen) atoms. The highest BCUT2D eigenvalue weighted by Gasteiger charge is 2.05. The molecule has 0 aliphatic heterocycles. The Morgan fingerprint density at radius 2 is 1.81 bits per heavy atom. The van der Waals surface area contributed by atoms with Crippen LogP contribution < -0.4 is 5.43 Å². The summed E-state index contributed by atoms with van der Waals surface area (Å²) in [6.07, 6.45) is 1.80. The first-order valence-electron chi connectivity index (χ1n) is 6.82. The summed E-state index contributed by atoms with van der Waals surface area (Å²) in [5.74, 6) is 0.515. The minimum Gasteiger partial charge on any atom is -0.358 e. The third-order valence-corrected chi connectivity index (χ3v) is 3.28. The number of fused-ring (bicyclic) bond motifs is 1. The second-order valence-electron chi connectivity index (χ2n) is 5.05. The molecule has 0 atom stereocenters. The van der Waals surface area contributed by atoms with Crippen LogP contribution in [-0.2, 0) is 0 Å². The number of nitrogens with one attached hydrogen (secondary N) is 2. The van der Waals surface area contributed by atoms with Gasteiger partial charge in [-0.25, -0.2) is 15.4 Å². The number of nitrogens with zero attached hydrogens (tertiary/aromatic N) is 3. The summed E-state index contributed by atoms with van der Waals surface area (Å²) in [6.45, 7) is 5.91. The number of hydrazone groups is 1. The predicted molar refractivity (Wildman–Crippen MR) is 85.8 cm³/mol. The molecular weight excluding hydrogens is 262 g/mol. The number of aromatic amines is 1. The number of para-hydroxylation sites is 1. The van der Waals surface area contributed by atoms with E-state index < -0.39 is 0 Å². The summed E-state index contributed by atoms with van der Waals surface area (Å²) in [7, 11) is 0. The summed E-state index contributed by atoms with van der Waals surface area (Å²) in [5, 5.41) is 5.41. The maximum Gasteiger partial charge on any atom is 0.243 e. The first kappa shape index (κ1) is 13.3. The molecule has 0 saturated heterocycles. The van der Waals surface area contributed by atoms with Crippen molar-refractivity contribution in [3.63, 3.8) is 0 Å². The standard InChI is InChI=1S/C16H17N5/c1-10-8-11(2)19-16(18-10)21-17-9-14-12(3)20-15-7-5-4-6-13(14)15/h4-9,20H,1-3H3,(H,18,19,21). The summed E-state index contributed by atoms with van der Waals surface area (Å²) in [6, 6.07) is 10.1. The van der Waals surface area contributed by atoms with E-state index in [4.69, 9.17) is 0 Å². The van der Waals surface area contributed by atoms with Crippen molar-refractivity contribution in [3.05, 3.63) is 53.0 Å². The SMILES string of the molecule is Cc1cc(C)nc(NN=Cc2c(C)[nH]c3ccccc23)n1. The molecule has 0 aliphatic rings. The Kier molecular flexibility index (Phi) is 3.39. The Morgan fingerprint density at radius 3 is 2.57 bits per heavy atom. The lowest BCUT2D eigenvalue weighted by molar-refractivity contribution is 1.04. The lowest BCUT2D eigenvalue weighted by Gasteiger charge is -2.01. The molecule has 0 aliphatic carbocycles. The monoisotopic (exact) mass is 279 g/mol. The van der Waals surface area contributed by atoms with Gasteiger partial charge in [0.05, 0.1) is 6.21 Å². The average molecular weight is 279 g/mol. The minimum atomic E-state index is 0.515. The Labute approximate surface area is 123 Å². The summed E-state index contributed by atoms with van der Waals surface area (Å²) < 4.78 is 0. The number of rotatable bonds is 3. The van der Waals surface area contributed by atoms with E-state index >= 15 is 0 Å². The highest BCUT2D eigenvalue weighted by atomic mass is 15.3. The van der Waals surface area contributed by atoms with Crippen LogP contribution in [0.1, 0.15) is 22.6 Å². The van der Waals surface area contributed by atoms with Crippen LogP contribution in [0.3, 0.4) is 0 Å². The molecule has 106 valence electrons. The Hall–Kier alpha value is -2.69. The molecule has 3 rings (SSSR count). The summed E-state index contributed by atoms with van der Waals surface area (Å²) in [4.78, 5) is 11.9. The Balaban J connectivity index is 1.86. The molecule has 0 spiro atoms. The van der Waals surface area contributed by atoms with Crippen LogP contribution >= 0.6 is 0 Å². The number of benzene rings is 1. The van der Waals surface area contributed by atoms with Crippen LogP contribution in [0.25, 0.3) is 10.9 Å². The fourth-order valence-electron chi connectivity index (χ4n) is 2.40. The molecule has 0 saturated carbocycles. The minimum absolute atomic E-state index is 0.515. The molecule has 2 aromatic heterocycles. The third kappa shape index (κ3) is 2.76. The normalized spacial score (nSPS) is 11.4. The number of hydrogen-bond acceptors (Lipinski definition) is 4. The van der Waals surface area contributed by atoms with Gasteiger partial charge in [0.25, 0.3) is 0 Å². The van der Waals surface area contributed by atoms with Gasteiger partial charge in [-0.2, -0.15) is 5.10 Å². The zero-order chi connectivity index (χ0) is 14.8. The van der Waals surface area contributed by atoms with Crippen LogP contribution in [0.15, 0.2) is 35.4 Å². The predicted octanol–water partition coefficient (Wildman–Crippen LogP) is 3.33. The van der Waals surface area contributed by atoms with Gasteiger partial charge in [0.1, 0.15) is 0 Å². The molecule has 0 amide bonds.